The Bertz CT molecular complexity index is 1190. The number of alkyl halides is 3. The molecular weight excluding hydrogens is 415 g/mol. The molecule has 0 spiro atoms. The lowest BCUT2D eigenvalue weighted by atomic mass is 10.1. The average Bonchev–Trinajstić information content (AvgIpc) is 3.36. The van der Waals surface area contributed by atoms with E-state index in [-0.39, 0.29) is 24.6 Å². The molecule has 6 nitrogen and oxygen atoms in total. The smallest absolute Gasteiger partial charge is 0.484 e. The number of carboxylic acids is 1. The van der Waals surface area contributed by atoms with Gasteiger partial charge in [-0.1, -0.05) is 0 Å². The molecule has 0 atom stereocenters. The molecule has 1 N–H and O–H groups in total. The second-order valence-corrected chi connectivity index (χ2v) is 6.45. The summed E-state index contributed by atoms with van der Waals surface area (Å²) in [5.41, 5.74) is 1.59. The minimum Gasteiger partial charge on any atom is -0.484 e. The number of fused-ring (bicyclic) bond motifs is 1. The van der Waals surface area contributed by atoms with Crippen LogP contribution in [0.3, 0.4) is 0 Å². The largest absolute Gasteiger partial charge is 0.573 e. The maximum atomic E-state index is 12.2. The van der Waals surface area contributed by atoms with E-state index in [0.29, 0.717) is 11.3 Å². The van der Waals surface area contributed by atoms with Crippen molar-refractivity contribution in [3.05, 3.63) is 72.6 Å². The average molecular weight is 429 g/mol. The second-order valence-electron chi connectivity index (χ2n) is 6.45. The van der Waals surface area contributed by atoms with Crippen LogP contribution < -0.4 is 9.47 Å². The number of hydrogen-bond donors (Lipinski definition) is 1. The van der Waals surface area contributed by atoms with Crippen LogP contribution in [-0.2, 0) is 6.54 Å². The first-order valence-corrected chi connectivity index (χ1v) is 9.03. The van der Waals surface area contributed by atoms with Gasteiger partial charge in [0, 0.05) is 16.5 Å². The molecule has 0 bridgehead atoms. The van der Waals surface area contributed by atoms with Gasteiger partial charge < -0.3 is 23.6 Å². The molecule has 0 unspecified atom stereocenters. The van der Waals surface area contributed by atoms with Gasteiger partial charge in [-0.15, -0.1) is 13.2 Å². The number of aromatic nitrogens is 1. The third kappa shape index (κ3) is 4.59. The molecular formula is C22H14F3NO5. The second kappa shape index (κ2) is 7.99. The van der Waals surface area contributed by atoms with Crippen LogP contribution in [0.5, 0.6) is 11.5 Å². The van der Waals surface area contributed by atoms with Crippen LogP contribution in [0.25, 0.3) is 22.2 Å². The topological polar surface area (TPSA) is 73.8 Å². The number of carbonyl (C=O) groups is 1. The molecule has 4 rings (SSSR count). The highest BCUT2D eigenvalue weighted by Gasteiger charge is 2.31. The third-order valence-corrected chi connectivity index (χ3v) is 4.42. The molecule has 31 heavy (non-hydrogen) atoms. The first-order chi connectivity index (χ1) is 14.8. The van der Waals surface area contributed by atoms with Crippen LogP contribution in [-0.4, -0.2) is 28.6 Å². The third-order valence-electron chi connectivity index (χ3n) is 4.42. The quantitative estimate of drug-likeness (QED) is 0.438. The van der Waals surface area contributed by atoms with Crippen LogP contribution in [0.2, 0.25) is 0 Å². The first kappa shape index (κ1) is 20.2. The lowest BCUT2D eigenvalue weighted by Crippen LogP contribution is -2.16. The molecule has 2 heterocycles. The fraction of sp³-hybridized carbons (Fsp3) is 0.136. The van der Waals surface area contributed by atoms with Gasteiger partial charge in [0.2, 0.25) is 0 Å². The molecule has 9 heteroatoms. The van der Waals surface area contributed by atoms with Gasteiger partial charge in [-0.2, -0.15) is 0 Å². The minimum absolute atomic E-state index is 0.0633. The Morgan fingerprint density at radius 3 is 2.52 bits per heavy atom. The molecule has 158 valence electrons. The number of benzene rings is 1. The molecule has 0 saturated heterocycles. The molecule has 0 fully saturated rings. The Kier molecular flexibility index (Phi) is 5.21. The fourth-order valence-electron chi connectivity index (χ4n) is 3.16. The number of carboxylic acid groups (broad SMARTS) is 1. The van der Waals surface area contributed by atoms with Gasteiger partial charge >= 0.3 is 12.3 Å². The zero-order valence-corrected chi connectivity index (χ0v) is 15.8. The van der Waals surface area contributed by atoms with Gasteiger partial charge in [0.25, 0.3) is 0 Å². The highest BCUT2D eigenvalue weighted by Crippen LogP contribution is 2.28. The van der Waals surface area contributed by atoms with Gasteiger partial charge in [-0.05, 0) is 60.7 Å². The number of halogens is 3. The molecule has 0 saturated carbocycles. The van der Waals surface area contributed by atoms with E-state index in [9.17, 15) is 23.1 Å². The zero-order chi connectivity index (χ0) is 22.0. The van der Waals surface area contributed by atoms with E-state index in [2.05, 4.69) is 16.9 Å². The molecule has 2 aromatic heterocycles. The predicted octanol–water partition coefficient (Wildman–Crippen LogP) is 5.18. The monoisotopic (exact) mass is 429 g/mol. The van der Waals surface area contributed by atoms with Crippen LogP contribution in [0.15, 0.2) is 59.2 Å². The van der Waals surface area contributed by atoms with Crippen molar-refractivity contribution in [2.45, 2.75) is 12.9 Å². The molecule has 0 aliphatic carbocycles. The lowest BCUT2D eigenvalue weighted by Gasteiger charge is -2.10. The van der Waals surface area contributed by atoms with E-state index in [1.54, 1.807) is 29.0 Å². The van der Waals surface area contributed by atoms with Crippen molar-refractivity contribution in [2.24, 2.45) is 0 Å². The number of rotatable bonds is 7. The van der Waals surface area contributed by atoms with Gasteiger partial charge in [0.15, 0.2) is 11.5 Å². The van der Waals surface area contributed by atoms with Crippen molar-refractivity contribution in [2.75, 3.05) is 6.61 Å². The van der Waals surface area contributed by atoms with Crippen molar-refractivity contribution in [1.29, 1.82) is 0 Å². The Morgan fingerprint density at radius 1 is 1.10 bits per heavy atom. The van der Waals surface area contributed by atoms with E-state index in [1.807, 2.05) is 18.2 Å². The Labute approximate surface area is 174 Å². The Balaban J connectivity index is 1.50. The summed E-state index contributed by atoms with van der Waals surface area (Å²) in [6.07, 6.45) is -3.26. The highest BCUT2D eigenvalue weighted by atomic mass is 19.4. The number of ether oxygens (including phenoxy) is 2. The van der Waals surface area contributed by atoms with E-state index < -0.39 is 18.1 Å². The summed E-state index contributed by atoms with van der Waals surface area (Å²) in [6.45, 7) is 0.258. The summed E-state index contributed by atoms with van der Waals surface area (Å²) >= 11 is 0. The number of furan rings is 1. The van der Waals surface area contributed by atoms with Gasteiger partial charge in [-0.25, -0.2) is 4.79 Å². The van der Waals surface area contributed by atoms with Crippen molar-refractivity contribution < 1.29 is 37.0 Å². The van der Waals surface area contributed by atoms with Crippen LogP contribution >= 0.6 is 0 Å². The van der Waals surface area contributed by atoms with Gasteiger partial charge in [0.05, 0.1) is 12.8 Å². The van der Waals surface area contributed by atoms with E-state index >= 15 is 0 Å². The van der Waals surface area contributed by atoms with Crippen LogP contribution in [0, 0.1) is 12.1 Å². The Morgan fingerprint density at radius 2 is 1.87 bits per heavy atom. The number of hydrogen-bond acceptors (Lipinski definition) is 4. The van der Waals surface area contributed by atoms with Crippen molar-refractivity contribution in [3.8, 4) is 22.8 Å². The predicted molar refractivity (Wildman–Crippen MR) is 103 cm³/mol. The van der Waals surface area contributed by atoms with Gasteiger partial charge in [0.1, 0.15) is 18.1 Å². The maximum absolute atomic E-state index is 12.2. The van der Waals surface area contributed by atoms with Gasteiger partial charge in [-0.3, -0.25) is 0 Å². The maximum Gasteiger partial charge on any atom is 0.573 e. The normalized spacial score (nSPS) is 11.3. The summed E-state index contributed by atoms with van der Waals surface area (Å²) < 4.78 is 52.8. The summed E-state index contributed by atoms with van der Waals surface area (Å²) in [5.74, 6) is -0.802. The van der Waals surface area contributed by atoms with E-state index in [1.165, 1.54) is 6.07 Å². The van der Waals surface area contributed by atoms with Crippen molar-refractivity contribution in [3.63, 3.8) is 0 Å². The van der Waals surface area contributed by atoms with Crippen molar-refractivity contribution in [1.82, 2.24) is 4.57 Å². The molecule has 4 aromatic rings. The minimum atomic E-state index is -4.81. The molecule has 2 aromatic carbocycles. The van der Waals surface area contributed by atoms with E-state index in [4.69, 9.17) is 9.15 Å². The number of aromatic carboxylic acids is 1. The van der Waals surface area contributed by atoms with Crippen LogP contribution in [0.4, 0.5) is 13.2 Å². The lowest BCUT2D eigenvalue weighted by molar-refractivity contribution is -0.274. The molecule has 0 radical (unpaired) electrons. The summed E-state index contributed by atoms with van der Waals surface area (Å²) in [7, 11) is 0. The first-order valence-electron chi connectivity index (χ1n) is 9.03. The summed E-state index contributed by atoms with van der Waals surface area (Å²) in [4.78, 5) is 11.7. The summed E-state index contributed by atoms with van der Waals surface area (Å²) in [6, 6.07) is 17.6. The number of nitrogens with zero attached hydrogens (tertiary/aromatic N) is 1. The molecule has 0 amide bonds. The highest BCUT2D eigenvalue weighted by molar-refractivity contribution is 5.96. The van der Waals surface area contributed by atoms with E-state index in [0.717, 1.165) is 17.0 Å². The summed E-state index contributed by atoms with van der Waals surface area (Å²) in [5, 5.41) is 10.3. The van der Waals surface area contributed by atoms with Crippen molar-refractivity contribution >= 4 is 16.9 Å². The fourth-order valence-corrected chi connectivity index (χ4v) is 3.16. The Hall–Kier alpha value is -4.06. The standard InChI is InChI=1S/C22H14F3NO5/c23-22(24,25)31-17-6-4-16(5-7-17)29-11-9-26-18-8-3-14(20-2-1-10-30-20)12-15(18)13-19(26)21(27)28/h1-4,6,8,10,12-13H,9,11H2,(H,27,28). The molecule has 0 aliphatic rings. The molecule has 0 aliphatic heterocycles. The van der Waals surface area contributed by atoms with Crippen LogP contribution in [0.1, 0.15) is 10.5 Å². The zero-order valence-electron chi connectivity index (χ0n) is 15.8. The SMILES string of the molecule is O=C(O)c1cc2cc(-c3ccco3)ccc2n1CCOc1c#cc(OC(F)(F)F)cc1.